The van der Waals surface area contributed by atoms with Crippen molar-refractivity contribution < 1.29 is 27.5 Å². The number of methoxy groups -OCH3 is 1. The highest BCUT2D eigenvalue weighted by molar-refractivity contribution is 7.88. The smallest absolute Gasteiger partial charge is 0.321 e. The fourth-order valence-electron chi connectivity index (χ4n) is 2.78. The Morgan fingerprint density at radius 1 is 1.13 bits per heavy atom. The van der Waals surface area contributed by atoms with Crippen molar-refractivity contribution in [2.75, 3.05) is 19.9 Å². The minimum atomic E-state index is -3.54. The first-order valence-electron chi connectivity index (χ1n) is 7.70. The predicted molar refractivity (Wildman–Crippen MR) is 85.2 cm³/mol. The van der Waals surface area contributed by atoms with Crippen molar-refractivity contribution in [3.63, 3.8) is 0 Å². The van der Waals surface area contributed by atoms with Crippen LogP contribution in [-0.4, -0.2) is 56.2 Å². The number of ether oxygens (including phenoxy) is 2. The zero-order chi connectivity index (χ0) is 17.8. The topological polar surface area (TPSA) is 90.0 Å². The molecule has 0 aromatic rings. The maximum atomic E-state index is 12.0. The Morgan fingerprint density at radius 3 is 2.04 bits per heavy atom. The van der Waals surface area contributed by atoms with Crippen LogP contribution in [0.1, 0.15) is 46.5 Å². The molecule has 8 heteroatoms. The second kappa shape index (κ2) is 7.61. The lowest BCUT2D eigenvalue weighted by molar-refractivity contribution is -0.156. The molecule has 134 valence electrons. The summed E-state index contributed by atoms with van der Waals surface area (Å²) < 4.78 is 35.2. The van der Waals surface area contributed by atoms with Gasteiger partial charge in [-0.3, -0.25) is 9.59 Å². The molecule has 0 amide bonds. The molecule has 1 aliphatic carbocycles. The van der Waals surface area contributed by atoms with Crippen LogP contribution in [0, 0.1) is 5.92 Å². The van der Waals surface area contributed by atoms with Crippen molar-refractivity contribution in [3.8, 4) is 0 Å². The number of hydrogen-bond donors (Lipinski definition) is 0. The highest BCUT2D eigenvalue weighted by Gasteiger charge is 2.35. The first-order valence-corrected chi connectivity index (χ1v) is 9.55. The summed E-state index contributed by atoms with van der Waals surface area (Å²) in [5.41, 5.74) is -0.664. The van der Waals surface area contributed by atoms with Gasteiger partial charge in [0.1, 0.15) is 12.1 Å². The van der Waals surface area contributed by atoms with E-state index in [-0.39, 0.29) is 24.5 Å². The van der Waals surface area contributed by atoms with E-state index in [4.69, 9.17) is 9.47 Å². The van der Waals surface area contributed by atoms with Crippen LogP contribution in [-0.2, 0) is 29.1 Å². The van der Waals surface area contributed by atoms with Gasteiger partial charge in [-0.15, -0.1) is 0 Å². The fraction of sp³-hybridized carbons (Fsp3) is 0.867. The molecule has 23 heavy (non-hydrogen) atoms. The van der Waals surface area contributed by atoms with Crippen LogP contribution in [0.5, 0.6) is 0 Å². The van der Waals surface area contributed by atoms with Crippen molar-refractivity contribution in [2.24, 2.45) is 5.92 Å². The van der Waals surface area contributed by atoms with E-state index in [1.165, 1.54) is 11.4 Å². The quantitative estimate of drug-likeness (QED) is 0.696. The Bertz CT molecular complexity index is 529. The molecule has 0 N–H and O–H groups in total. The number of esters is 2. The van der Waals surface area contributed by atoms with Gasteiger partial charge in [-0.05, 0) is 46.5 Å². The van der Waals surface area contributed by atoms with E-state index in [2.05, 4.69) is 0 Å². The molecule has 0 heterocycles. The zero-order valence-corrected chi connectivity index (χ0v) is 15.3. The Labute approximate surface area is 138 Å². The van der Waals surface area contributed by atoms with Gasteiger partial charge in [0.2, 0.25) is 10.0 Å². The van der Waals surface area contributed by atoms with Gasteiger partial charge in [-0.25, -0.2) is 8.42 Å². The summed E-state index contributed by atoms with van der Waals surface area (Å²) in [6.07, 6.45) is 3.24. The third-order valence-corrected chi connectivity index (χ3v) is 5.05. The molecule has 0 spiro atoms. The number of carbonyl (C=O) groups is 2. The Kier molecular flexibility index (Phi) is 6.59. The monoisotopic (exact) mass is 349 g/mol. The van der Waals surface area contributed by atoms with E-state index in [1.54, 1.807) is 20.8 Å². The maximum absolute atomic E-state index is 12.0. The van der Waals surface area contributed by atoms with Gasteiger partial charge in [0.15, 0.2) is 0 Å². The third-order valence-electron chi connectivity index (χ3n) is 3.77. The van der Waals surface area contributed by atoms with Gasteiger partial charge in [0.25, 0.3) is 0 Å². The summed E-state index contributed by atoms with van der Waals surface area (Å²) in [5, 5.41) is 0. The van der Waals surface area contributed by atoms with Crippen LogP contribution in [0.2, 0.25) is 0 Å². The van der Waals surface area contributed by atoms with Crippen LogP contribution < -0.4 is 0 Å². The Morgan fingerprint density at radius 2 is 1.65 bits per heavy atom. The normalized spacial score (nSPS) is 22.7. The second-order valence-corrected chi connectivity index (χ2v) is 8.86. The summed E-state index contributed by atoms with van der Waals surface area (Å²) in [5.74, 6) is -1.03. The highest BCUT2D eigenvalue weighted by atomic mass is 32.2. The number of sulfonamides is 1. The average molecular weight is 349 g/mol. The maximum Gasteiger partial charge on any atom is 0.321 e. The molecule has 0 bridgehead atoms. The van der Waals surface area contributed by atoms with Gasteiger partial charge in [-0.1, -0.05) is 0 Å². The van der Waals surface area contributed by atoms with Crippen molar-refractivity contribution >= 4 is 22.0 Å². The van der Waals surface area contributed by atoms with Gasteiger partial charge in [-0.2, -0.15) is 4.31 Å². The van der Waals surface area contributed by atoms with Crippen molar-refractivity contribution in [3.05, 3.63) is 0 Å². The molecular weight excluding hydrogens is 322 g/mol. The molecule has 0 aromatic heterocycles. The third kappa shape index (κ3) is 6.47. The van der Waals surface area contributed by atoms with Crippen molar-refractivity contribution in [1.82, 2.24) is 4.31 Å². The lowest BCUT2D eigenvalue weighted by Crippen LogP contribution is -2.46. The molecule has 0 saturated heterocycles. The van der Waals surface area contributed by atoms with Crippen LogP contribution in [0.15, 0.2) is 0 Å². The Balaban J connectivity index is 2.74. The Hall–Kier alpha value is -1.15. The predicted octanol–water partition coefficient (Wildman–Crippen LogP) is 1.32. The lowest BCUT2D eigenvalue weighted by Gasteiger charge is -2.34. The van der Waals surface area contributed by atoms with Crippen molar-refractivity contribution in [1.29, 1.82) is 0 Å². The minimum Gasteiger partial charge on any atom is -0.469 e. The summed E-state index contributed by atoms with van der Waals surface area (Å²) in [6.45, 7) is 4.90. The SMILES string of the molecule is COC(=O)[C@H]1CC[C@H](N(CC(=O)OC(C)(C)C)S(C)(=O)=O)CC1. The standard InChI is InChI=1S/C15H27NO6S/c1-15(2,3)22-13(17)10-16(23(5,19)20)12-8-6-11(7-9-12)14(18)21-4/h11-12H,6-10H2,1-5H3/t11-,12-. The average Bonchev–Trinajstić information content (AvgIpc) is 2.41. The number of rotatable bonds is 5. The van der Waals surface area contributed by atoms with Crippen LogP contribution in [0.4, 0.5) is 0 Å². The summed E-state index contributed by atoms with van der Waals surface area (Å²) >= 11 is 0. The summed E-state index contributed by atoms with van der Waals surface area (Å²) in [4.78, 5) is 23.5. The van der Waals surface area contributed by atoms with E-state index in [9.17, 15) is 18.0 Å². The van der Waals surface area contributed by atoms with Gasteiger partial charge >= 0.3 is 11.9 Å². The molecule has 0 aromatic carbocycles. The highest BCUT2D eigenvalue weighted by Crippen LogP contribution is 2.29. The lowest BCUT2D eigenvalue weighted by atomic mass is 9.86. The molecule has 1 saturated carbocycles. The molecule has 0 atom stereocenters. The van der Waals surface area contributed by atoms with Gasteiger partial charge in [0, 0.05) is 6.04 Å². The zero-order valence-electron chi connectivity index (χ0n) is 14.5. The van der Waals surface area contributed by atoms with Crippen molar-refractivity contribution in [2.45, 2.75) is 58.1 Å². The van der Waals surface area contributed by atoms with E-state index in [1.807, 2.05) is 0 Å². The molecule has 0 aliphatic heterocycles. The van der Waals surface area contributed by atoms with Gasteiger partial charge in [0.05, 0.1) is 19.3 Å². The number of carbonyl (C=O) groups excluding carboxylic acids is 2. The van der Waals surface area contributed by atoms with Crippen LogP contribution in [0.3, 0.4) is 0 Å². The van der Waals surface area contributed by atoms with E-state index >= 15 is 0 Å². The van der Waals surface area contributed by atoms with E-state index in [0.29, 0.717) is 25.7 Å². The summed E-state index contributed by atoms with van der Waals surface area (Å²) in [7, 11) is -2.20. The molecular formula is C15H27NO6S. The molecule has 7 nitrogen and oxygen atoms in total. The molecule has 0 unspecified atom stereocenters. The fourth-order valence-corrected chi connectivity index (χ4v) is 3.88. The largest absolute Gasteiger partial charge is 0.469 e. The number of hydrogen-bond acceptors (Lipinski definition) is 6. The summed E-state index contributed by atoms with van der Waals surface area (Å²) in [6, 6.07) is -0.293. The first kappa shape index (κ1) is 19.9. The van der Waals surface area contributed by atoms with E-state index < -0.39 is 21.6 Å². The first-order chi connectivity index (χ1) is 10.4. The molecule has 0 radical (unpaired) electrons. The molecule has 1 rings (SSSR count). The van der Waals surface area contributed by atoms with Gasteiger partial charge < -0.3 is 9.47 Å². The van der Waals surface area contributed by atoms with Crippen LogP contribution in [0.25, 0.3) is 0 Å². The molecule has 1 fully saturated rings. The molecule has 1 aliphatic rings. The minimum absolute atomic E-state index is 0.195. The second-order valence-electron chi connectivity index (χ2n) is 6.92. The number of nitrogens with zero attached hydrogens (tertiary/aromatic N) is 1. The van der Waals surface area contributed by atoms with E-state index in [0.717, 1.165) is 6.26 Å². The van der Waals surface area contributed by atoms with Crippen LogP contribution >= 0.6 is 0 Å².